The predicted octanol–water partition coefficient (Wildman–Crippen LogP) is 6.45. The van der Waals surface area contributed by atoms with Crippen LogP contribution in [0.1, 0.15) is 39.5 Å². The van der Waals surface area contributed by atoms with Crippen LogP contribution in [0.5, 0.6) is 0 Å². The van der Waals surface area contributed by atoms with Gasteiger partial charge in [0.15, 0.2) is 5.13 Å². The SMILES string of the molecule is CCc1ccc2nc(N(Cc3ccccc3)C(=O)c3ccc(S(=O)(=O)N4CCc5ccccc5C4)cc3)sc2c1. The van der Waals surface area contributed by atoms with Gasteiger partial charge in [0.1, 0.15) is 0 Å². The van der Waals surface area contributed by atoms with E-state index >= 15 is 0 Å². The zero-order valence-corrected chi connectivity index (χ0v) is 23.8. The van der Waals surface area contributed by atoms with E-state index in [0.717, 1.165) is 27.8 Å². The molecule has 1 aromatic heterocycles. The lowest BCUT2D eigenvalue weighted by Crippen LogP contribution is -2.36. The minimum absolute atomic E-state index is 0.185. The second kappa shape index (κ2) is 11.0. The van der Waals surface area contributed by atoms with Crippen molar-refractivity contribution in [3.8, 4) is 0 Å². The van der Waals surface area contributed by atoms with Crippen LogP contribution < -0.4 is 4.90 Å². The Morgan fingerprint density at radius 2 is 1.62 bits per heavy atom. The maximum atomic E-state index is 13.9. The molecule has 0 N–H and O–H groups in total. The summed E-state index contributed by atoms with van der Waals surface area (Å²) in [6.45, 7) is 3.25. The molecule has 1 aliphatic heterocycles. The number of carbonyl (C=O) groups excluding carboxylic acids is 1. The van der Waals surface area contributed by atoms with Crippen molar-refractivity contribution in [3.05, 3.63) is 125 Å². The van der Waals surface area contributed by atoms with Crippen molar-refractivity contribution in [2.24, 2.45) is 0 Å². The summed E-state index contributed by atoms with van der Waals surface area (Å²) in [6.07, 6.45) is 1.61. The van der Waals surface area contributed by atoms with Crippen molar-refractivity contribution in [2.45, 2.75) is 37.8 Å². The molecule has 4 aromatic carbocycles. The summed E-state index contributed by atoms with van der Waals surface area (Å²) in [4.78, 5) is 20.5. The lowest BCUT2D eigenvalue weighted by atomic mass is 10.0. The number of aromatic nitrogens is 1. The molecule has 0 bridgehead atoms. The Balaban J connectivity index is 1.29. The Hall–Kier alpha value is -3.85. The second-order valence-electron chi connectivity index (χ2n) is 9.91. The first-order valence-corrected chi connectivity index (χ1v) is 15.6. The molecule has 0 atom stereocenters. The second-order valence-corrected chi connectivity index (χ2v) is 12.9. The number of fused-ring (bicyclic) bond motifs is 2. The number of rotatable bonds is 7. The van der Waals surface area contributed by atoms with Gasteiger partial charge in [-0.3, -0.25) is 9.69 Å². The Morgan fingerprint density at radius 1 is 0.900 bits per heavy atom. The molecule has 0 fully saturated rings. The average molecular weight is 568 g/mol. The highest BCUT2D eigenvalue weighted by Crippen LogP contribution is 2.32. The van der Waals surface area contributed by atoms with Crippen LogP contribution in [0, 0.1) is 0 Å². The number of sulfonamides is 1. The largest absolute Gasteiger partial charge is 0.279 e. The van der Waals surface area contributed by atoms with E-state index in [-0.39, 0.29) is 10.8 Å². The molecule has 5 aromatic rings. The van der Waals surface area contributed by atoms with Crippen LogP contribution in [-0.4, -0.2) is 30.2 Å². The third-order valence-corrected chi connectivity index (χ3v) is 10.2. The smallest absolute Gasteiger partial charge is 0.260 e. The number of carbonyl (C=O) groups is 1. The van der Waals surface area contributed by atoms with Crippen molar-refractivity contribution in [1.82, 2.24) is 9.29 Å². The molecule has 202 valence electrons. The Kier molecular flexibility index (Phi) is 7.23. The number of aryl methyl sites for hydroxylation is 1. The molecule has 0 radical (unpaired) electrons. The lowest BCUT2D eigenvalue weighted by Gasteiger charge is -2.28. The fourth-order valence-electron chi connectivity index (χ4n) is 5.03. The van der Waals surface area contributed by atoms with Crippen molar-refractivity contribution in [2.75, 3.05) is 11.4 Å². The number of thiazole rings is 1. The van der Waals surface area contributed by atoms with E-state index in [0.29, 0.717) is 36.8 Å². The molecular formula is C32H29N3O3S2. The standard InChI is InChI=1S/C32H29N3O3S2/c1-2-23-12-17-29-30(20-23)39-32(33-29)35(21-24-8-4-3-5-9-24)31(36)26-13-15-28(16-14-26)40(37,38)34-19-18-25-10-6-7-11-27(25)22-34/h3-17,20H,2,18-19,21-22H2,1H3. The first-order valence-electron chi connectivity index (χ1n) is 13.3. The number of hydrogen-bond acceptors (Lipinski definition) is 5. The molecule has 0 spiro atoms. The molecular weight excluding hydrogens is 539 g/mol. The van der Waals surface area contributed by atoms with E-state index in [4.69, 9.17) is 4.98 Å². The minimum Gasteiger partial charge on any atom is -0.279 e. The van der Waals surface area contributed by atoms with E-state index in [9.17, 15) is 13.2 Å². The maximum Gasteiger partial charge on any atom is 0.260 e. The van der Waals surface area contributed by atoms with Crippen LogP contribution in [0.15, 0.2) is 102 Å². The van der Waals surface area contributed by atoms with Crippen molar-refractivity contribution in [3.63, 3.8) is 0 Å². The van der Waals surface area contributed by atoms with Gasteiger partial charge in [-0.2, -0.15) is 4.31 Å². The average Bonchev–Trinajstić information content (AvgIpc) is 3.43. The van der Waals surface area contributed by atoms with Gasteiger partial charge in [-0.05, 0) is 71.5 Å². The summed E-state index contributed by atoms with van der Waals surface area (Å²) in [6, 6.07) is 30.2. The number of anilines is 1. The Labute approximate surface area is 238 Å². The van der Waals surface area contributed by atoms with E-state index in [1.807, 2.05) is 54.6 Å². The maximum absolute atomic E-state index is 13.9. The molecule has 40 heavy (non-hydrogen) atoms. The van der Waals surface area contributed by atoms with Crippen LogP contribution in [0.2, 0.25) is 0 Å². The van der Waals surface area contributed by atoms with Crippen molar-refractivity contribution >= 4 is 42.6 Å². The van der Waals surface area contributed by atoms with Gasteiger partial charge in [0.2, 0.25) is 10.0 Å². The van der Waals surface area contributed by atoms with Crippen LogP contribution >= 0.6 is 11.3 Å². The minimum atomic E-state index is -3.69. The highest BCUT2D eigenvalue weighted by atomic mass is 32.2. The van der Waals surface area contributed by atoms with Crippen LogP contribution in [0.25, 0.3) is 10.2 Å². The third-order valence-electron chi connectivity index (χ3n) is 7.34. The zero-order chi connectivity index (χ0) is 27.7. The molecule has 0 saturated carbocycles. The van der Waals surface area contributed by atoms with Crippen molar-refractivity contribution < 1.29 is 13.2 Å². The van der Waals surface area contributed by atoms with Gasteiger partial charge in [-0.25, -0.2) is 13.4 Å². The Bertz CT molecular complexity index is 1780. The fraction of sp³-hybridized carbons (Fsp3) is 0.188. The molecule has 6 rings (SSSR count). The summed E-state index contributed by atoms with van der Waals surface area (Å²) >= 11 is 1.49. The van der Waals surface area contributed by atoms with Gasteiger partial charge in [0.25, 0.3) is 5.91 Å². The van der Waals surface area contributed by atoms with Crippen LogP contribution in [0.3, 0.4) is 0 Å². The first-order chi connectivity index (χ1) is 19.4. The fourth-order valence-corrected chi connectivity index (χ4v) is 7.48. The predicted molar refractivity (Wildman–Crippen MR) is 160 cm³/mol. The molecule has 8 heteroatoms. The van der Waals surface area contributed by atoms with Gasteiger partial charge in [0.05, 0.1) is 21.7 Å². The van der Waals surface area contributed by atoms with Crippen LogP contribution in [0.4, 0.5) is 5.13 Å². The molecule has 6 nitrogen and oxygen atoms in total. The quantitative estimate of drug-likeness (QED) is 0.227. The lowest BCUT2D eigenvalue weighted by molar-refractivity contribution is 0.0985. The van der Waals surface area contributed by atoms with Crippen molar-refractivity contribution in [1.29, 1.82) is 0 Å². The normalized spacial score (nSPS) is 13.7. The van der Waals surface area contributed by atoms with E-state index < -0.39 is 10.0 Å². The van der Waals surface area contributed by atoms with Gasteiger partial charge in [-0.1, -0.05) is 78.9 Å². The summed E-state index contributed by atoms with van der Waals surface area (Å²) in [5.41, 5.74) is 5.68. The first kappa shape index (κ1) is 26.4. The highest BCUT2D eigenvalue weighted by Gasteiger charge is 2.29. The molecule has 0 saturated heterocycles. The third kappa shape index (κ3) is 5.18. The number of benzene rings is 4. The zero-order valence-electron chi connectivity index (χ0n) is 22.2. The van der Waals surface area contributed by atoms with Gasteiger partial charge in [-0.15, -0.1) is 0 Å². The van der Waals surface area contributed by atoms with E-state index in [1.54, 1.807) is 17.0 Å². The highest BCUT2D eigenvalue weighted by molar-refractivity contribution is 7.89. The monoisotopic (exact) mass is 567 g/mol. The summed E-state index contributed by atoms with van der Waals surface area (Å²) in [5.74, 6) is -0.227. The Morgan fingerprint density at radius 3 is 2.38 bits per heavy atom. The number of nitrogens with zero attached hydrogens (tertiary/aromatic N) is 3. The van der Waals surface area contributed by atoms with Gasteiger partial charge in [0, 0.05) is 18.7 Å². The summed E-state index contributed by atoms with van der Waals surface area (Å²) in [5, 5.41) is 0.612. The van der Waals surface area contributed by atoms with Gasteiger partial charge >= 0.3 is 0 Å². The number of hydrogen-bond donors (Lipinski definition) is 0. The van der Waals surface area contributed by atoms with E-state index in [1.165, 1.54) is 38.9 Å². The molecule has 2 heterocycles. The molecule has 1 amide bonds. The van der Waals surface area contributed by atoms with E-state index in [2.05, 4.69) is 25.1 Å². The molecule has 1 aliphatic rings. The molecule has 0 unspecified atom stereocenters. The number of amides is 1. The molecule has 0 aliphatic carbocycles. The summed E-state index contributed by atoms with van der Waals surface area (Å²) < 4.78 is 29.4. The topological polar surface area (TPSA) is 70.6 Å². The summed E-state index contributed by atoms with van der Waals surface area (Å²) in [7, 11) is -3.69. The van der Waals surface area contributed by atoms with Gasteiger partial charge < -0.3 is 0 Å². The van der Waals surface area contributed by atoms with Crippen LogP contribution in [-0.2, 0) is 36.0 Å².